The van der Waals surface area contributed by atoms with Crippen LogP contribution in [0.1, 0.15) is 24.6 Å². The van der Waals surface area contributed by atoms with Gasteiger partial charge in [-0.05, 0) is 49.0 Å². The second-order valence-electron chi connectivity index (χ2n) is 4.44. The van der Waals surface area contributed by atoms with Gasteiger partial charge in [0.25, 0.3) is 0 Å². The Bertz CT molecular complexity index is 386. The second kappa shape index (κ2) is 6.15. The van der Waals surface area contributed by atoms with Crippen LogP contribution in [0.4, 0.5) is 5.95 Å². The Morgan fingerprint density at radius 1 is 1.47 bits per heavy atom. The van der Waals surface area contributed by atoms with Gasteiger partial charge in [0, 0.05) is 20.3 Å². The van der Waals surface area contributed by atoms with Gasteiger partial charge < -0.3 is 4.90 Å². The van der Waals surface area contributed by atoms with Crippen LogP contribution in [0.3, 0.4) is 0 Å². The number of aromatic nitrogens is 2. The van der Waals surface area contributed by atoms with E-state index in [4.69, 9.17) is 0 Å². The first-order chi connectivity index (χ1) is 7.59. The van der Waals surface area contributed by atoms with Crippen molar-refractivity contribution in [2.75, 3.05) is 32.6 Å². The lowest BCUT2D eigenvalue weighted by molar-refractivity contribution is 0.310. The lowest BCUT2D eigenvalue weighted by atomic mass is 10.1. The molecule has 1 atom stereocenters. The van der Waals surface area contributed by atoms with E-state index in [0.29, 0.717) is 6.04 Å². The summed E-state index contributed by atoms with van der Waals surface area (Å²) >= 11 is 2.33. The first-order valence-electron chi connectivity index (χ1n) is 5.49. The highest BCUT2D eigenvalue weighted by molar-refractivity contribution is 14.1. The van der Waals surface area contributed by atoms with Crippen LogP contribution in [-0.4, -0.2) is 42.6 Å². The van der Waals surface area contributed by atoms with Crippen molar-refractivity contribution in [3.8, 4) is 0 Å². The van der Waals surface area contributed by atoms with Crippen molar-refractivity contribution in [3.63, 3.8) is 0 Å². The van der Waals surface area contributed by atoms with E-state index in [-0.39, 0.29) is 12.4 Å². The first-order valence-corrected chi connectivity index (χ1v) is 6.57. The van der Waals surface area contributed by atoms with Crippen molar-refractivity contribution in [2.24, 2.45) is 0 Å². The fourth-order valence-corrected chi connectivity index (χ4v) is 2.69. The summed E-state index contributed by atoms with van der Waals surface area (Å²) in [6, 6.07) is 0.466. The normalized spacial score (nSPS) is 20.1. The van der Waals surface area contributed by atoms with Gasteiger partial charge >= 0.3 is 0 Å². The molecule has 4 nitrogen and oxygen atoms in total. The molecule has 1 aliphatic heterocycles. The maximum atomic E-state index is 4.67. The van der Waals surface area contributed by atoms with Gasteiger partial charge in [-0.15, -0.1) is 12.4 Å². The zero-order chi connectivity index (χ0) is 11.7. The minimum absolute atomic E-state index is 0. The van der Waals surface area contributed by atoms with Crippen LogP contribution in [0.25, 0.3) is 0 Å². The Hall–Kier alpha value is -0.140. The third-order valence-electron chi connectivity index (χ3n) is 2.99. The molecule has 17 heavy (non-hydrogen) atoms. The second-order valence-corrected chi connectivity index (χ2v) is 5.60. The molecule has 0 aromatic carbocycles. The van der Waals surface area contributed by atoms with Gasteiger partial charge in [0.1, 0.15) is 0 Å². The predicted molar refractivity (Wildman–Crippen MR) is 80.9 cm³/mol. The molecule has 2 rings (SSSR count). The zero-order valence-corrected chi connectivity index (χ0v) is 13.3. The standard InChI is InChI=1S/C11H17IN4.ClH/c1-15(2)11-13-7-8(12)10(14-11)9-5-4-6-16(9)3;/h7,9H,4-6H2,1-3H3;1H. The number of rotatable bonds is 2. The molecule has 0 spiro atoms. The molecule has 1 aromatic rings. The number of hydrogen-bond donors (Lipinski definition) is 0. The Labute approximate surface area is 122 Å². The summed E-state index contributed by atoms with van der Waals surface area (Å²) in [5.74, 6) is 0.802. The fourth-order valence-electron chi connectivity index (χ4n) is 2.08. The van der Waals surface area contributed by atoms with Crippen LogP contribution in [0.15, 0.2) is 6.20 Å². The number of anilines is 1. The molecular formula is C11H18ClIN4. The summed E-state index contributed by atoms with van der Waals surface area (Å²) in [6.45, 7) is 1.17. The van der Waals surface area contributed by atoms with Gasteiger partial charge in [0.15, 0.2) is 0 Å². The van der Waals surface area contributed by atoms with E-state index in [0.717, 1.165) is 5.95 Å². The van der Waals surface area contributed by atoms with E-state index < -0.39 is 0 Å². The van der Waals surface area contributed by atoms with E-state index in [1.54, 1.807) is 0 Å². The van der Waals surface area contributed by atoms with E-state index in [1.807, 2.05) is 25.2 Å². The Balaban J connectivity index is 0.00000144. The summed E-state index contributed by atoms with van der Waals surface area (Å²) in [5, 5.41) is 0. The number of likely N-dealkylation sites (tertiary alicyclic amines) is 1. The molecule has 1 saturated heterocycles. The highest BCUT2D eigenvalue weighted by Gasteiger charge is 2.26. The molecule has 0 amide bonds. The van der Waals surface area contributed by atoms with Gasteiger partial charge in [-0.25, -0.2) is 9.97 Å². The van der Waals surface area contributed by atoms with E-state index in [1.165, 1.54) is 28.7 Å². The monoisotopic (exact) mass is 368 g/mol. The molecular weight excluding hydrogens is 351 g/mol. The summed E-state index contributed by atoms with van der Waals surface area (Å²) in [7, 11) is 6.12. The van der Waals surface area contributed by atoms with Gasteiger partial charge in [0.05, 0.1) is 15.3 Å². The minimum Gasteiger partial charge on any atom is -0.347 e. The lowest BCUT2D eigenvalue weighted by Gasteiger charge is -2.21. The molecule has 0 bridgehead atoms. The van der Waals surface area contributed by atoms with Crippen molar-refractivity contribution in [1.29, 1.82) is 0 Å². The maximum Gasteiger partial charge on any atom is 0.225 e. The number of halogens is 2. The molecule has 1 aromatic heterocycles. The van der Waals surface area contributed by atoms with Crippen molar-refractivity contribution in [3.05, 3.63) is 15.5 Å². The van der Waals surface area contributed by atoms with Crippen molar-refractivity contribution >= 4 is 40.9 Å². The highest BCUT2D eigenvalue weighted by Crippen LogP contribution is 2.32. The third-order valence-corrected chi connectivity index (χ3v) is 3.83. The highest BCUT2D eigenvalue weighted by atomic mass is 127. The van der Waals surface area contributed by atoms with Crippen molar-refractivity contribution in [2.45, 2.75) is 18.9 Å². The molecule has 0 radical (unpaired) electrons. The fraction of sp³-hybridized carbons (Fsp3) is 0.636. The quantitative estimate of drug-likeness (QED) is 0.750. The molecule has 1 fully saturated rings. The molecule has 6 heteroatoms. The van der Waals surface area contributed by atoms with Crippen LogP contribution < -0.4 is 4.90 Å². The molecule has 1 unspecified atom stereocenters. The van der Waals surface area contributed by atoms with E-state index in [2.05, 4.69) is 44.5 Å². The van der Waals surface area contributed by atoms with Crippen LogP contribution in [0.5, 0.6) is 0 Å². The summed E-state index contributed by atoms with van der Waals surface area (Å²) in [4.78, 5) is 13.3. The molecule has 1 aliphatic rings. The molecule has 2 heterocycles. The maximum absolute atomic E-state index is 4.67. The lowest BCUT2D eigenvalue weighted by Crippen LogP contribution is -2.21. The SMILES string of the molecule is CN(C)c1ncc(I)c(C2CCCN2C)n1.Cl. The summed E-state index contributed by atoms with van der Waals surface area (Å²) < 4.78 is 1.17. The van der Waals surface area contributed by atoms with Crippen molar-refractivity contribution in [1.82, 2.24) is 14.9 Å². The molecule has 96 valence electrons. The third kappa shape index (κ3) is 3.20. The van der Waals surface area contributed by atoms with Crippen molar-refractivity contribution < 1.29 is 0 Å². The average Bonchev–Trinajstić information content (AvgIpc) is 2.65. The van der Waals surface area contributed by atoms with Crippen LogP contribution in [0.2, 0.25) is 0 Å². The average molecular weight is 369 g/mol. The van der Waals surface area contributed by atoms with Crippen LogP contribution in [0, 0.1) is 3.57 Å². The number of hydrogen-bond acceptors (Lipinski definition) is 4. The van der Waals surface area contributed by atoms with Gasteiger partial charge in [-0.3, -0.25) is 4.90 Å². The van der Waals surface area contributed by atoms with Crippen LogP contribution >= 0.6 is 35.0 Å². The topological polar surface area (TPSA) is 32.3 Å². The largest absolute Gasteiger partial charge is 0.347 e. The van der Waals surface area contributed by atoms with Gasteiger partial charge in [0.2, 0.25) is 5.95 Å². The van der Waals surface area contributed by atoms with E-state index in [9.17, 15) is 0 Å². The molecule has 0 N–H and O–H groups in total. The Kier molecular flexibility index (Phi) is 5.40. The smallest absolute Gasteiger partial charge is 0.225 e. The van der Waals surface area contributed by atoms with Crippen LogP contribution in [-0.2, 0) is 0 Å². The number of nitrogens with zero attached hydrogens (tertiary/aromatic N) is 4. The summed E-state index contributed by atoms with van der Waals surface area (Å²) in [5.41, 5.74) is 1.18. The van der Waals surface area contributed by atoms with Gasteiger partial charge in [-0.2, -0.15) is 0 Å². The predicted octanol–water partition coefficient (Wildman–Crippen LogP) is 2.34. The molecule has 0 saturated carbocycles. The van der Waals surface area contributed by atoms with Gasteiger partial charge in [-0.1, -0.05) is 0 Å². The minimum atomic E-state index is 0. The van der Waals surface area contributed by atoms with E-state index >= 15 is 0 Å². The Morgan fingerprint density at radius 3 is 2.71 bits per heavy atom. The molecule has 0 aliphatic carbocycles. The first kappa shape index (κ1) is 14.9. The summed E-state index contributed by atoms with van der Waals surface area (Å²) in [6.07, 6.45) is 4.39. The Morgan fingerprint density at radius 2 is 2.18 bits per heavy atom. The zero-order valence-electron chi connectivity index (χ0n) is 10.4.